The molecule has 1 fully saturated rings. The first-order chi connectivity index (χ1) is 12.8. The van der Waals surface area contributed by atoms with Crippen molar-refractivity contribution in [1.29, 1.82) is 0 Å². The molecule has 0 bridgehead atoms. The maximum absolute atomic E-state index is 13.1. The number of aryl methyl sites for hydroxylation is 2. The van der Waals surface area contributed by atoms with Crippen molar-refractivity contribution in [3.8, 4) is 10.6 Å². The SMILES string of the molecule is CCOC(=O)C1CCN(S(=O)(=O)c2cc(-c3onc(C)c3C)sc2C)CC1. The molecule has 3 heterocycles. The van der Waals surface area contributed by atoms with E-state index >= 15 is 0 Å². The molecule has 0 amide bonds. The van der Waals surface area contributed by atoms with Crippen molar-refractivity contribution in [3.63, 3.8) is 0 Å². The highest BCUT2D eigenvalue weighted by Gasteiger charge is 2.34. The highest BCUT2D eigenvalue weighted by atomic mass is 32.2. The lowest BCUT2D eigenvalue weighted by Crippen LogP contribution is -2.40. The van der Waals surface area contributed by atoms with E-state index < -0.39 is 10.0 Å². The molecule has 0 aliphatic carbocycles. The molecular formula is C18H24N2O5S2. The van der Waals surface area contributed by atoms with Crippen LogP contribution in [0.25, 0.3) is 10.6 Å². The zero-order valence-electron chi connectivity index (χ0n) is 15.9. The normalized spacial score (nSPS) is 16.6. The molecule has 0 unspecified atom stereocenters. The van der Waals surface area contributed by atoms with Gasteiger partial charge in [0.05, 0.1) is 28.0 Å². The number of aromatic nitrogens is 1. The smallest absolute Gasteiger partial charge is 0.309 e. The number of sulfonamides is 1. The predicted octanol–water partition coefficient (Wildman–Crippen LogP) is 3.29. The fraction of sp³-hybridized carbons (Fsp3) is 0.556. The van der Waals surface area contributed by atoms with Crippen LogP contribution in [0, 0.1) is 26.7 Å². The molecule has 1 saturated heterocycles. The summed E-state index contributed by atoms with van der Waals surface area (Å²) in [6.45, 7) is 8.30. The summed E-state index contributed by atoms with van der Waals surface area (Å²) in [6, 6.07) is 1.67. The van der Waals surface area contributed by atoms with Crippen molar-refractivity contribution in [2.75, 3.05) is 19.7 Å². The lowest BCUT2D eigenvalue weighted by atomic mass is 9.98. The van der Waals surface area contributed by atoms with E-state index in [0.29, 0.717) is 48.1 Å². The van der Waals surface area contributed by atoms with Gasteiger partial charge in [-0.1, -0.05) is 5.16 Å². The Morgan fingerprint density at radius 1 is 1.33 bits per heavy atom. The van der Waals surface area contributed by atoms with Gasteiger partial charge in [0.15, 0.2) is 5.76 Å². The Labute approximate surface area is 163 Å². The van der Waals surface area contributed by atoms with E-state index in [1.54, 1.807) is 19.9 Å². The Balaban J connectivity index is 1.80. The third kappa shape index (κ3) is 3.81. The number of hydrogen-bond donors (Lipinski definition) is 0. The second-order valence-electron chi connectivity index (χ2n) is 6.68. The van der Waals surface area contributed by atoms with Gasteiger partial charge in [0.2, 0.25) is 10.0 Å². The molecule has 0 N–H and O–H groups in total. The molecule has 1 aliphatic rings. The number of rotatable bonds is 5. The quantitative estimate of drug-likeness (QED) is 0.700. The van der Waals surface area contributed by atoms with Crippen LogP contribution < -0.4 is 0 Å². The van der Waals surface area contributed by atoms with Gasteiger partial charge in [-0.3, -0.25) is 4.79 Å². The molecule has 148 valence electrons. The third-order valence-corrected chi connectivity index (χ3v) is 8.15. The van der Waals surface area contributed by atoms with Gasteiger partial charge in [0.25, 0.3) is 0 Å². The van der Waals surface area contributed by atoms with E-state index in [-0.39, 0.29) is 11.9 Å². The lowest BCUT2D eigenvalue weighted by Gasteiger charge is -2.30. The van der Waals surface area contributed by atoms with Crippen molar-refractivity contribution < 1.29 is 22.5 Å². The molecule has 1 aliphatic heterocycles. The molecule has 2 aromatic rings. The zero-order chi connectivity index (χ0) is 19.8. The first-order valence-corrected chi connectivity index (χ1v) is 11.2. The molecule has 2 aromatic heterocycles. The number of nitrogens with zero attached hydrogens (tertiary/aromatic N) is 2. The minimum Gasteiger partial charge on any atom is -0.466 e. The van der Waals surface area contributed by atoms with E-state index in [2.05, 4.69) is 5.16 Å². The van der Waals surface area contributed by atoms with Crippen LogP contribution in [0.5, 0.6) is 0 Å². The zero-order valence-corrected chi connectivity index (χ0v) is 17.6. The van der Waals surface area contributed by atoms with Crippen LogP contribution in [0.15, 0.2) is 15.5 Å². The van der Waals surface area contributed by atoms with Gasteiger partial charge in [-0.25, -0.2) is 8.42 Å². The van der Waals surface area contributed by atoms with E-state index in [9.17, 15) is 13.2 Å². The summed E-state index contributed by atoms with van der Waals surface area (Å²) in [6.07, 6.45) is 0.961. The molecule has 9 heteroatoms. The van der Waals surface area contributed by atoms with Crippen molar-refractivity contribution in [3.05, 3.63) is 22.2 Å². The molecule has 27 heavy (non-hydrogen) atoms. The standard InChI is InChI=1S/C18H24N2O5S2/c1-5-24-18(21)14-6-8-20(9-7-14)27(22,23)16-10-15(26-13(16)4)17-11(2)12(3)19-25-17/h10,14H,5-9H2,1-4H3. The highest BCUT2D eigenvalue weighted by Crippen LogP contribution is 2.37. The van der Waals surface area contributed by atoms with Crippen molar-refractivity contribution in [2.24, 2.45) is 5.92 Å². The van der Waals surface area contributed by atoms with Crippen molar-refractivity contribution in [1.82, 2.24) is 9.46 Å². The van der Waals surface area contributed by atoms with Gasteiger partial charge in [-0.15, -0.1) is 11.3 Å². The van der Waals surface area contributed by atoms with Gasteiger partial charge in [-0.2, -0.15) is 4.31 Å². The molecule has 0 radical (unpaired) electrons. The number of piperidine rings is 1. The molecule has 3 rings (SSSR count). The fourth-order valence-electron chi connectivity index (χ4n) is 3.21. The van der Waals surface area contributed by atoms with Gasteiger partial charge < -0.3 is 9.26 Å². The molecule has 0 spiro atoms. The number of ether oxygens (including phenoxy) is 1. The van der Waals surface area contributed by atoms with Crippen LogP contribution in [-0.2, 0) is 19.6 Å². The summed E-state index contributed by atoms with van der Waals surface area (Å²) in [5.41, 5.74) is 1.71. The topological polar surface area (TPSA) is 89.7 Å². The maximum atomic E-state index is 13.1. The van der Waals surface area contributed by atoms with E-state index in [1.165, 1.54) is 15.6 Å². The number of carbonyl (C=O) groups is 1. The molecule has 0 saturated carbocycles. The van der Waals surface area contributed by atoms with Crippen LogP contribution >= 0.6 is 11.3 Å². The fourth-order valence-corrected chi connectivity index (χ4v) is 6.27. The number of carbonyl (C=O) groups excluding carboxylic acids is 1. The Bertz CT molecular complexity index is 937. The van der Waals surface area contributed by atoms with Crippen molar-refractivity contribution >= 4 is 27.3 Å². The average Bonchev–Trinajstić information content (AvgIpc) is 3.18. The average molecular weight is 413 g/mol. The lowest BCUT2D eigenvalue weighted by molar-refractivity contribution is -0.149. The molecule has 7 nitrogen and oxygen atoms in total. The van der Waals surface area contributed by atoms with Crippen molar-refractivity contribution in [2.45, 2.75) is 45.4 Å². The Kier molecular flexibility index (Phi) is 5.73. The molecular weight excluding hydrogens is 388 g/mol. The van der Waals surface area contributed by atoms with Crippen LogP contribution in [0.2, 0.25) is 0 Å². The van der Waals surface area contributed by atoms with Gasteiger partial charge in [-0.05, 0) is 46.6 Å². The van der Waals surface area contributed by atoms with Gasteiger partial charge in [0.1, 0.15) is 0 Å². The van der Waals surface area contributed by atoms with E-state index in [1.807, 2.05) is 13.8 Å². The summed E-state index contributed by atoms with van der Waals surface area (Å²) in [4.78, 5) is 13.6. The third-order valence-electron chi connectivity index (χ3n) is 4.94. The predicted molar refractivity (Wildman–Crippen MR) is 102 cm³/mol. The summed E-state index contributed by atoms with van der Waals surface area (Å²) in [5, 5.41) is 3.95. The summed E-state index contributed by atoms with van der Waals surface area (Å²) in [7, 11) is -3.62. The van der Waals surface area contributed by atoms with Gasteiger partial charge in [0, 0.05) is 23.5 Å². The molecule has 0 atom stereocenters. The Morgan fingerprint density at radius 2 is 2.00 bits per heavy atom. The minimum absolute atomic E-state index is 0.227. The Morgan fingerprint density at radius 3 is 2.56 bits per heavy atom. The second kappa shape index (κ2) is 7.73. The van der Waals surface area contributed by atoms with E-state index in [4.69, 9.17) is 9.26 Å². The maximum Gasteiger partial charge on any atom is 0.309 e. The minimum atomic E-state index is -3.62. The first kappa shape index (κ1) is 20.0. The van der Waals surface area contributed by atoms with Crippen LogP contribution in [-0.4, -0.2) is 43.5 Å². The Hall–Kier alpha value is -1.71. The largest absolute Gasteiger partial charge is 0.466 e. The van der Waals surface area contributed by atoms with Crippen LogP contribution in [0.1, 0.15) is 35.9 Å². The second-order valence-corrected chi connectivity index (χ2v) is 9.85. The summed E-state index contributed by atoms with van der Waals surface area (Å²) in [5.74, 6) is 0.151. The number of hydrogen-bond acceptors (Lipinski definition) is 7. The first-order valence-electron chi connectivity index (χ1n) is 8.96. The molecule has 0 aromatic carbocycles. The van der Waals surface area contributed by atoms with Crippen LogP contribution in [0.3, 0.4) is 0 Å². The number of thiophene rings is 1. The summed E-state index contributed by atoms with van der Waals surface area (Å²) >= 11 is 1.38. The summed E-state index contributed by atoms with van der Waals surface area (Å²) < 4.78 is 38.1. The van der Waals surface area contributed by atoms with Crippen LogP contribution in [0.4, 0.5) is 0 Å². The van der Waals surface area contributed by atoms with Gasteiger partial charge >= 0.3 is 5.97 Å². The van der Waals surface area contributed by atoms with E-state index in [0.717, 1.165) is 16.1 Å². The highest BCUT2D eigenvalue weighted by molar-refractivity contribution is 7.89. The monoisotopic (exact) mass is 412 g/mol. The number of esters is 1.